The van der Waals surface area contributed by atoms with Gasteiger partial charge in [0.05, 0.1) is 10.9 Å². The third-order valence-electron chi connectivity index (χ3n) is 4.44. The first-order chi connectivity index (χ1) is 13.5. The lowest BCUT2D eigenvalue weighted by Crippen LogP contribution is -2.29. The maximum absolute atomic E-state index is 13.2. The number of nitrogens with one attached hydrogen (secondary N) is 1. The van der Waals surface area contributed by atoms with E-state index in [0.29, 0.717) is 19.3 Å². The van der Waals surface area contributed by atoms with Gasteiger partial charge in [0.1, 0.15) is 5.82 Å². The predicted molar refractivity (Wildman–Crippen MR) is 113 cm³/mol. The summed E-state index contributed by atoms with van der Waals surface area (Å²) in [5.74, 6) is -1.31. The van der Waals surface area contributed by atoms with Crippen LogP contribution in [0.4, 0.5) is 4.39 Å². The molecule has 2 N–H and O–H groups in total. The van der Waals surface area contributed by atoms with Crippen molar-refractivity contribution in [3.8, 4) is 0 Å². The fourth-order valence-electron chi connectivity index (χ4n) is 2.84. The second-order valence-corrected chi connectivity index (χ2v) is 11.2. The fourth-order valence-corrected chi connectivity index (χ4v) is 5.30. The molecule has 8 heteroatoms. The second-order valence-electron chi connectivity index (χ2n) is 8.28. The lowest BCUT2D eigenvalue weighted by molar-refractivity contribution is -0.137. The Labute approximate surface area is 176 Å². The molecule has 1 aromatic heterocycles. The van der Waals surface area contributed by atoms with Crippen LogP contribution in [-0.4, -0.2) is 19.5 Å². The summed E-state index contributed by atoms with van der Waals surface area (Å²) in [6.45, 7) is 6.30. The molecular formula is C21H28FNO4S2. The largest absolute Gasteiger partial charge is 0.481 e. The maximum atomic E-state index is 13.2. The van der Waals surface area contributed by atoms with E-state index in [1.165, 1.54) is 23.5 Å². The fraction of sp³-hybridized carbons (Fsp3) is 0.476. The molecule has 2 rings (SSSR count). The molecule has 0 aliphatic rings. The molecule has 0 saturated carbocycles. The van der Waals surface area contributed by atoms with Gasteiger partial charge in [-0.3, -0.25) is 4.79 Å². The normalized spacial score (nSPS) is 13.4. The average molecular weight is 442 g/mol. The van der Waals surface area contributed by atoms with Gasteiger partial charge in [-0.25, -0.2) is 17.5 Å². The van der Waals surface area contributed by atoms with Crippen LogP contribution in [0, 0.1) is 11.2 Å². The number of hydrogen-bond acceptors (Lipinski definition) is 4. The van der Waals surface area contributed by atoms with Crippen LogP contribution in [0.25, 0.3) is 0 Å². The van der Waals surface area contributed by atoms with Crippen LogP contribution in [0.15, 0.2) is 41.3 Å². The number of aryl methyl sites for hydroxylation is 1. The highest BCUT2D eigenvalue weighted by atomic mass is 32.2. The van der Waals surface area contributed by atoms with Crippen molar-refractivity contribution in [1.82, 2.24) is 4.72 Å². The zero-order valence-electron chi connectivity index (χ0n) is 16.9. The second kappa shape index (κ2) is 9.82. The van der Waals surface area contributed by atoms with Crippen molar-refractivity contribution in [1.29, 1.82) is 0 Å². The van der Waals surface area contributed by atoms with Crippen LogP contribution >= 0.6 is 11.3 Å². The number of halogens is 1. The van der Waals surface area contributed by atoms with Crippen molar-refractivity contribution < 1.29 is 22.7 Å². The first-order valence-corrected chi connectivity index (χ1v) is 11.8. The minimum Gasteiger partial charge on any atom is -0.481 e. The first kappa shape index (κ1) is 23.5. The topological polar surface area (TPSA) is 83.5 Å². The van der Waals surface area contributed by atoms with Gasteiger partial charge < -0.3 is 5.11 Å². The molecular weight excluding hydrogens is 413 g/mol. The Hall–Kier alpha value is -1.77. The highest BCUT2D eigenvalue weighted by Crippen LogP contribution is 2.32. The summed E-state index contributed by atoms with van der Waals surface area (Å²) in [7, 11) is -3.80. The molecule has 0 radical (unpaired) electrons. The monoisotopic (exact) mass is 441 g/mol. The molecule has 1 heterocycles. The van der Waals surface area contributed by atoms with Crippen molar-refractivity contribution in [2.75, 3.05) is 0 Å². The van der Waals surface area contributed by atoms with E-state index in [-0.39, 0.29) is 16.7 Å². The van der Waals surface area contributed by atoms with E-state index in [0.717, 1.165) is 28.3 Å². The molecule has 29 heavy (non-hydrogen) atoms. The highest BCUT2D eigenvalue weighted by molar-refractivity contribution is 7.89. The number of benzene rings is 1. The number of rotatable bonds is 10. The molecule has 1 atom stereocenters. The standard InChI is InChI=1S/C21H28FNO4S2/c1-21(2,3)14-13-18(19-12-9-16(28-19)5-4-6-20(24)25)23-29(26,27)17-10-7-15(22)8-11-17/h7-12,18,23H,4-6,13-14H2,1-3H3,(H,24,25). The van der Waals surface area contributed by atoms with Gasteiger partial charge in [0, 0.05) is 16.2 Å². The molecule has 0 spiro atoms. The third-order valence-corrected chi connectivity index (χ3v) is 7.19. The zero-order chi connectivity index (χ0) is 21.7. The number of carbonyl (C=O) groups is 1. The SMILES string of the molecule is CC(C)(C)CCC(NS(=O)(=O)c1ccc(F)cc1)c1ccc(CCCC(=O)O)s1. The van der Waals surface area contributed by atoms with E-state index in [2.05, 4.69) is 25.5 Å². The van der Waals surface area contributed by atoms with E-state index >= 15 is 0 Å². The number of carboxylic acids is 1. The van der Waals surface area contributed by atoms with Gasteiger partial charge in [0.25, 0.3) is 0 Å². The Balaban J connectivity index is 2.19. The van der Waals surface area contributed by atoms with Crippen LogP contribution in [0.3, 0.4) is 0 Å². The summed E-state index contributed by atoms with van der Waals surface area (Å²) < 4.78 is 41.6. The molecule has 0 amide bonds. The van der Waals surface area contributed by atoms with Gasteiger partial charge in [-0.2, -0.15) is 0 Å². The lowest BCUT2D eigenvalue weighted by Gasteiger charge is -2.23. The number of aliphatic carboxylic acids is 1. The van der Waals surface area contributed by atoms with Crippen LogP contribution < -0.4 is 4.72 Å². The van der Waals surface area contributed by atoms with E-state index in [1.807, 2.05) is 12.1 Å². The first-order valence-electron chi connectivity index (χ1n) is 9.54. The smallest absolute Gasteiger partial charge is 0.303 e. The van der Waals surface area contributed by atoms with E-state index in [4.69, 9.17) is 5.11 Å². The van der Waals surface area contributed by atoms with Crippen molar-refractivity contribution in [3.63, 3.8) is 0 Å². The van der Waals surface area contributed by atoms with Crippen molar-refractivity contribution in [2.45, 2.75) is 63.8 Å². The Morgan fingerprint density at radius 1 is 1.17 bits per heavy atom. The van der Waals surface area contributed by atoms with Crippen LogP contribution in [0.1, 0.15) is 62.3 Å². The third kappa shape index (κ3) is 7.87. The molecule has 0 saturated heterocycles. The number of sulfonamides is 1. The van der Waals surface area contributed by atoms with Gasteiger partial charge in [-0.05, 0) is 67.5 Å². The summed E-state index contributed by atoms with van der Waals surface area (Å²) in [6, 6.07) is 8.20. The summed E-state index contributed by atoms with van der Waals surface area (Å²) in [4.78, 5) is 12.6. The molecule has 5 nitrogen and oxygen atoms in total. The van der Waals surface area contributed by atoms with Crippen molar-refractivity contribution >= 4 is 27.3 Å². The summed E-state index contributed by atoms with van der Waals surface area (Å²) in [5.41, 5.74) is 0.0428. The van der Waals surface area contributed by atoms with E-state index in [9.17, 15) is 17.6 Å². The molecule has 2 aromatic rings. The van der Waals surface area contributed by atoms with Gasteiger partial charge in [0.2, 0.25) is 10.0 Å². The van der Waals surface area contributed by atoms with Gasteiger partial charge in [0.15, 0.2) is 0 Å². The Morgan fingerprint density at radius 2 is 1.83 bits per heavy atom. The molecule has 0 fully saturated rings. The molecule has 0 aliphatic heterocycles. The minimum absolute atomic E-state index is 0.0258. The van der Waals surface area contributed by atoms with Crippen molar-refractivity contribution in [3.05, 3.63) is 52.0 Å². The summed E-state index contributed by atoms with van der Waals surface area (Å²) in [6.07, 6.45) is 2.74. The quantitative estimate of drug-likeness (QED) is 0.535. The Kier molecular flexibility index (Phi) is 7.96. The summed E-state index contributed by atoms with van der Waals surface area (Å²) in [5, 5.41) is 8.79. The zero-order valence-corrected chi connectivity index (χ0v) is 18.6. The number of hydrogen-bond donors (Lipinski definition) is 2. The van der Waals surface area contributed by atoms with Crippen LogP contribution in [-0.2, 0) is 21.2 Å². The minimum atomic E-state index is -3.80. The molecule has 0 bridgehead atoms. The van der Waals surface area contributed by atoms with Gasteiger partial charge in [-0.15, -0.1) is 11.3 Å². The Morgan fingerprint density at radius 3 is 2.41 bits per heavy atom. The molecule has 0 aliphatic carbocycles. The van der Waals surface area contributed by atoms with Crippen molar-refractivity contribution in [2.24, 2.45) is 5.41 Å². The van der Waals surface area contributed by atoms with Gasteiger partial charge in [-0.1, -0.05) is 20.8 Å². The molecule has 1 unspecified atom stereocenters. The molecule has 1 aromatic carbocycles. The maximum Gasteiger partial charge on any atom is 0.303 e. The average Bonchev–Trinajstić information content (AvgIpc) is 3.06. The van der Waals surface area contributed by atoms with Crippen LogP contribution in [0.5, 0.6) is 0 Å². The van der Waals surface area contributed by atoms with Gasteiger partial charge >= 0.3 is 5.97 Å². The summed E-state index contributed by atoms with van der Waals surface area (Å²) >= 11 is 1.50. The van der Waals surface area contributed by atoms with E-state index < -0.39 is 27.9 Å². The predicted octanol–water partition coefficient (Wildman–Crippen LogP) is 5.14. The number of thiophene rings is 1. The Bertz CT molecular complexity index is 915. The molecule has 160 valence electrons. The lowest BCUT2D eigenvalue weighted by atomic mass is 9.88. The van der Waals surface area contributed by atoms with E-state index in [1.54, 1.807) is 0 Å². The highest BCUT2D eigenvalue weighted by Gasteiger charge is 2.24. The van der Waals surface area contributed by atoms with Crippen LogP contribution in [0.2, 0.25) is 0 Å². The number of carboxylic acid groups (broad SMARTS) is 1.